The molecule has 0 fully saturated rings. The summed E-state index contributed by atoms with van der Waals surface area (Å²) in [5.41, 5.74) is 1.13. The molecule has 1 aromatic carbocycles. The lowest BCUT2D eigenvalue weighted by molar-refractivity contribution is -0.125. The van der Waals surface area contributed by atoms with Crippen LogP contribution in [-0.2, 0) is 9.53 Å². The molecule has 0 heterocycles. The Bertz CT molecular complexity index is 493. The normalized spacial score (nSPS) is 10.9. The van der Waals surface area contributed by atoms with E-state index >= 15 is 0 Å². The van der Waals surface area contributed by atoms with Crippen molar-refractivity contribution in [2.24, 2.45) is 0 Å². The van der Waals surface area contributed by atoms with Gasteiger partial charge in [-0.2, -0.15) is 0 Å². The maximum absolute atomic E-state index is 11.8. The van der Waals surface area contributed by atoms with E-state index in [0.29, 0.717) is 5.56 Å². The van der Waals surface area contributed by atoms with Gasteiger partial charge in [0.05, 0.1) is 5.56 Å². The molecular formula is C16H24N2O3. The van der Waals surface area contributed by atoms with Crippen LogP contribution in [0.1, 0.15) is 37.6 Å². The summed E-state index contributed by atoms with van der Waals surface area (Å²) in [6, 6.07) is 7.03. The van der Waals surface area contributed by atoms with Gasteiger partial charge in [0, 0.05) is 25.3 Å². The second-order valence-corrected chi connectivity index (χ2v) is 5.80. The second-order valence-electron chi connectivity index (χ2n) is 5.80. The van der Waals surface area contributed by atoms with Gasteiger partial charge in [-0.15, -0.1) is 0 Å². The van der Waals surface area contributed by atoms with Crippen molar-refractivity contribution in [3.05, 3.63) is 29.8 Å². The van der Waals surface area contributed by atoms with Crippen molar-refractivity contribution in [1.82, 2.24) is 5.32 Å². The van der Waals surface area contributed by atoms with Crippen LogP contribution >= 0.6 is 0 Å². The molecule has 0 aliphatic heterocycles. The number of ether oxygens (including phenoxy) is 1. The van der Waals surface area contributed by atoms with Crippen LogP contribution in [0.3, 0.4) is 0 Å². The summed E-state index contributed by atoms with van der Waals surface area (Å²) in [5, 5.41) is 2.81. The zero-order chi connectivity index (χ0) is 16.0. The first-order valence-corrected chi connectivity index (χ1v) is 7.00. The number of nitrogens with zero attached hydrogens (tertiary/aromatic N) is 1. The van der Waals surface area contributed by atoms with E-state index in [-0.39, 0.29) is 18.1 Å². The van der Waals surface area contributed by atoms with E-state index in [9.17, 15) is 9.59 Å². The van der Waals surface area contributed by atoms with Gasteiger partial charge in [0.2, 0.25) is 0 Å². The topological polar surface area (TPSA) is 58.6 Å². The summed E-state index contributed by atoms with van der Waals surface area (Å²) in [7, 11) is 3.85. The largest absolute Gasteiger partial charge is 0.452 e. The van der Waals surface area contributed by atoms with Crippen molar-refractivity contribution in [2.45, 2.75) is 32.7 Å². The maximum atomic E-state index is 11.8. The quantitative estimate of drug-likeness (QED) is 0.817. The molecule has 5 heteroatoms. The predicted molar refractivity (Wildman–Crippen MR) is 83.6 cm³/mol. The SMILES string of the molecule is CCC(C)(C)NC(=O)COC(=O)c1ccc(N(C)C)cc1. The van der Waals surface area contributed by atoms with Crippen LogP contribution in [0, 0.1) is 0 Å². The molecule has 1 amide bonds. The van der Waals surface area contributed by atoms with Gasteiger partial charge in [-0.3, -0.25) is 4.79 Å². The van der Waals surface area contributed by atoms with Gasteiger partial charge in [-0.25, -0.2) is 4.79 Å². The van der Waals surface area contributed by atoms with Crippen molar-refractivity contribution in [2.75, 3.05) is 25.6 Å². The van der Waals surface area contributed by atoms with Crippen molar-refractivity contribution in [3.8, 4) is 0 Å². The van der Waals surface area contributed by atoms with Crippen LogP contribution in [0.4, 0.5) is 5.69 Å². The van der Waals surface area contributed by atoms with Gasteiger partial charge >= 0.3 is 5.97 Å². The third-order valence-corrected chi connectivity index (χ3v) is 3.32. The minimum Gasteiger partial charge on any atom is -0.452 e. The first-order chi connectivity index (χ1) is 9.75. The number of rotatable bonds is 6. The van der Waals surface area contributed by atoms with Crippen molar-refractivity contribution in [3.63, 3.8) is 0 Å². The first-order valence-electron chi connectivity index (χ1n) is 7.00. The predicted octanol–water partition coefficient (Wildman–Crippen LogP) is 2.21. The van der Waals surface area contributed by atoms with E-state index in [1.165, 1.54) is 0 Å². The fraction of sp³-hybridized carbons (Fsp3) is 0.500. The number of amides is 1. The van der Waals surface area contributed by atoms with E-state index < -0.39 is 5.97 Å². The standard InChI is InChI=1S/C16H24N2O3/c1-6-16(2,3)17-14(19)11-21-15(20)12-7-9-13(10-8-12)18(4)5/h7-10H,6,11H2,1-5H3,(H,17,19). The zero-order valence-electron chi connectivity index (χ0n) is 13.4. The molecule has 1 N–H and O–H groups in total. The van der Waals surface area contributed by atoms with Crippen LogP contribution in [0.5, 0.6) is 0 Å². The molecule has 21 heavy (non-hydrogen) atoms. The summed E-state index contributed by atoms with van der Waals surface area (Å²) in [6.45, 7) is 5.57. The van der Waals surface area contributed by atoms with Crippen LogP contribution in [0.2, 0.25) is 0 Å². The summed E-state index contributed by atoms with van der Waals surface area (Å²) >= 11 is 0. The van der Waals surface area contributed by atoms with Gasteiger partial charge in [0.1, 0.15) is 0 Å². The molecule has 5 nitrogen and oxygen atoms in total. The van der Waals surface area contributed by atoms with Crippen molar-refractivity contribution < 1.29 is 14.3 Å². The molecule has 1 aromatic rings. The van der Waals surface area contributed by atoms with Crippen LogP contribution in [0.15, 0.2) is 24.3 Å². The van der Waals surface area contributed by atoms with E-state index in [2.05, 4.69) is 5.32 Å². The Morgan fingerprint density at radius 2 is 1.76 bits per heavy atom. The first kappa shape index (κ1) is 17.0. The monoisotopic (exact) mass is 292 g/mol. The van der Waals surface area contributed by atoms with Gasteiger partial charge in [-0.05, 0) is 44.5 Å². The highest BCUT2D eigenvalue weighted by Crippen LogP contribution is 2.13. The van der Waals surface area contributed by atoms with E-state index in [4.69, 9.17) is 4.74 Å². The fourth-order valence-corrected chi connectivity index (χ4v) is 1.61. The van der Waals surface area contributed by atoms with Gasteiger partial charge in [0.15, 0.2) is 6.61 Å². The summed E-state index contributed by atoms with van der Waals surface area (Å²) in [6.07, 6.45) is 0.804. The minimum absolute atomic E-state index is 0.266. The molecule has 0 spiro atoms. The Morgan fingerprint density at radius 1 is 1.19 bits per heavy atom. The van der Waals surface area contributed by atoms with Crippen LogP contribution in [0.25, 0.3) is 0 Å². The Balaban J connectivity index is 2.52. The highest BCUT2D eigenvalue weighted by atomic mass is 16.5. The zero-order valence-corrected chi connectivity index (χ0v) is 13.4. The molecule has 0 aliphatic carbocycles. The van der Waals surface area contributed by atoms with Crippen LogP contribution in [-0.4, -0.2) is 38.1 Å². The van der Waals surface area contributed by atoms with Crippen molar-refractivity contribution >= 4 is 17.6 Å². The average Bonchev–Trinajstić information content (AvgIpc) is 2.44. The molecule has 0 aliphatic rings. The Kier molecular flexibility index (Phi) is 5.76. The molecule has 0 aromatic heterocycles. The molecule has 0 saturated carbocycles. The molecule has 0 radical (unpaired) electrons. The number of esters is 1. The number of carbonyl (C=O) groups excluding carboxylic acids is 2. The second kappa shape index (κ2) is 7.11. The maximum Gasteiger partial charge on any atom is 0.338 e. The van der Waals surface area contributed by atoms with Crippen LogP contribution < -0.4 is 10.2 Å². The molecule has 1 rings (SSSR count). The molecule has 0 unspecified atom stereocenters. The molecule has 0 saturated heterocycles. The smallest absolute Gasteiger partial charge is 0.338 e. The molecule has 0 bridgehead atoms. The summed E-state index contributed by atoms with van der Waals surface area (Å²) < 4.78 is 5.02. The fourth-order valence-electron chi connectivity index (χ4n) is 1.61. The van der Waals surface area contributed by atoms with E-state index in [1.54, 1.807) is 12.1 Å². The average molecular weight is 292 g/mol. The third-order valence-electron chi connectivity index (χ3n) is 3.32. The molecular weight excluding hydrogens is 268 g/mol. The third kappa shape index (κ3) is 5.45. The summed E-state index contributed by atoms with van der Waals surface area (Å²) in [5.74, 6) is -0.787. The summed E-state index contributed by atoms with van der Waals surface area (Å²) in [4.78, 5) is 25.5. The number of carbonyl (C=O) groups is 2. The highest BCUT2D eigenvalue weighted by Gasteiger charge is 2.19. The Morgan fingerprint density at radius 3 is 2.24 bits per heavy atom. The van der Waals surface area contributed by atoms with E-state index in [1.807, 2.05) is 51.9 Å². The number of benzene rings is 1. The number of hydrogen-bond donors (Lipinski definition) is 1. The lowest BCUT2D eigenvalue weighted by Gasteiger charge is -2.24. The van der Waals surface area contributed by atoms with Crippen molar-refractivity contribution in [1.29, 1.82) is 0 Å². The van der Waals surface area contributed by atoms with E-state index in [0.717, 1.165) is 12.1 Å². The lowest BCUT2D eigenvalue weighted by Crippen LogP contribution is -2.44. The Labute approximate surface area is 126 Å². The van der Waals surface area contributed by atoms with Gasteiger partial charge in [0.25, 0.3) is 5.91 Å². The number of nitrogens with one attached hydrogen (secondary N) is 1. The highest BCUT2D eigenvalue weighted by molar-refractivity contribution is 5.91. The number of hydrogen-bond acceptors (Lipinski definition) is 4. The lowest BCUT2D eigenvalue weighted by atomic mass is 10.0. The molecule has 116 valence electrons. The van der Waals surface area contributed by atoms with Gasteiger partial charge in [-0.1, -0.05) is 6.92 Å². The number of anilines is 1. The minimum atomic E-state index is -0.496. The Hall–Kier alpha value is -2.04. The van der Waals surface area contributed by atoms with Gasteiger partial charge < -0.3 is 15.0 Å². The molecule has 0 atom stereocenters.